The van der Waals surface area contributed by atoms with E-state index in [4.69, 9.17) is 4.52 Å². The van der Waals surface area contributed by atoms with E-state index in [2.05, 4.69) is 46.6 Å². The van der Waals surface area contributed by atoms with Gasteiger partial charge in [-0.3, -0.25) is 0 Å². The zero-order valence-electron chi connectivity index (χ0n) is 11.7. The van der Waals surface area contributed by atoms with E-state index in [0.29, 0.717) is 11.7 Å². The first kappa shape index (κ1) is 15.0. The second-order valence-electron chi connectivity index (χ2n) is 5.19. The molecular formula is C14H19ClN4O. The summed E-state index contributed by atoms with van der Waals surface area (Å²) in [5.41, 5.74) is 2.27. The second kappa shape index (κ2) is 6.35. The molecule has 0 unspecified atom stereocenters. The molecule has 2 heterocycles. The molecule has 1 aromatic heterocycles. The molecule has 2 aromatic rings. The Morgan fingerprint density at radius 2 is 2.00 bits per heavy atom. The van der Waals surface area contributed by atoms with Gasteiger partial charge in [0.05, 0.1) is 6.04 Å². The molecule has 1 aromatic carbocycles. The van der Waals surface area contributed by atoms with Gasteiger partial charge in [0.1, 0.15) is 0 Å². The highest BCUT2D eigenvalue weighted by molar-refractivity contribution is 5.85. The van der Waals surface area contributed by atoms with Crippen LogP contribution in [-0.2, 0) is 6.54 Å². The van der Waals surface area contributed by atoms with Gasteiger partial charge in [0.2, 0.25) is 11.7 Å². The molecule has 1 aliphatic heterocycles. The smallest absolute Gasteiger partial charge is 0.244 e. The molecule has 1 atom stereocenters. The maximum atomic E-state index is 5.29. The van der Waals surface area contributed by atoms with E-state index >= 15 is 0 Å². The van der Waals surface area contributed by atoms with Gasteiger partial charge in [-0.1, -0.05) is 29.4 Å². The minimum Gasteiger partial charge on any atom is -0.337 e. The highest BCUT2D eigenvalue weighted by atomic mass is 35.5. The van der Waals surface area contributed by atoms with Crippen LogP contribution < -0.4 is 5.32 Å². The number of aromatic nitrogens is 2. The SMILES string of the molecule is CN(C)Cc1ccc(-c2noc([C@H]3CCN3)n2)cc1.Cl. The van der Waals surface area contributed by atoms with Crippen molar-refractivity contribution < 1.29 is 4.52 Å². The van der Waals surface area contributed by atoms with Crippen molar-refractivity contribution >= 4 is 12.4 Å². The van der Waals surface area contributed by atoms with Gasteiger partial charge in [-0.15, -0.1) is 12.4 Å². The summed E-state index contributed by atoms with van der Waals surface area (Å²) in [6.07, 6.45) is 1.07. The summed E-state index contributed by atoms with van der Waals surface area (Å²) in [5.74, 6) is 1.36. The Hall–Kier alpha value is -1.43. The van der Waals surface area contributed by atoms with Crippen molar-refractivity contribution in [1.29, 1.82) is 0 Å². The predicted octanol–water partition coefficient (Wildman–Crippen LogP) is 2.25. The molecular weight excluding hydrogens is 276 g/mol. The molecule has 3 rings (SSSR count). The maximum Gasteiger partial charge on any atom is 0.244 e. The molecule has 0 spiro atoms. The Balaban J connectivity index is 0.00000147. The Bertz CT molecular complexity index is 549. The number of hydrogen-bond donors (Lipinski definition) is 1. The summed E-state index contributed by atoms with van der Waals surface area (Å²) in [6.45, 7) is 1.96. The zero-order valence-corrected chi connectivity index (χ0v) is 12.5. The minimum atomic E-state index is 0. The van der Waals surface area contributed by atoms with Crippen LogP contribution in [-0.4, -0.2) is 35.7 Å². The molecule has 6 heteroatoms. The van der Waals surface area contributed by atoms with Gasteiger partial charge in [-0.05, 0) is 32.6 Å². The van der Waals surface area contributed by atoms with Gasteiger partial charge < -0.3 is 14.7 Å². The summed E-state index contributed by atoms with van der Waals surface area (Å²) in [4.78, 5) is 6.58. The Kier molecular flexibility index (Phi) is 4.75. The average Bonchev–Trinajstić information content (AvgIpc) is 2.76. The summed E-state index contributed by atoms with van der Waals surface area (Å²) < 4.78 is 5.29. The fraction of sp³-hybridized carbons (Fsp3) is 0.429. The molecule has 108 valence electrons. The lowest BCUT2D eigenvalue weighted by atomic mass is 10.1. The number of halogens is 1. The van der Waals surface area contributed by atoms with Crippen LogP contribution in [0.25, 0.3) is 11.4 Å². The summed E-state index contributed by atoms with van der Waals surface area (Å²) in [5, 5.41) is 7.30. The minimum absolute atomic E-state index is 0. The van der Waals surface area contributed by atoms with E-state index in [-0.39, 0.29) is 18.4 Å². The highest BCUT2D eigenvalue weighted by Gasteiger charge is 2.24. The number of benzene rings is 1. The first-order valence-corrected chi connectivity index (χ1v) is 6.53. The molecule has 1 saturated heterocycles. The predicted molar refractivity (Wildman–Crippen MR) is 79.7 cm³/mol. The van der Waals surface area contributed by atoms with Crippen LogP contribution >= 0.6 is 12.4 Å². The van der Waals surface area contributed by atoms with Crippen LogP contribution in [0.1, 0.15) is 23.9 Å². The van der Waals surface area contributed by atoms with Gasteiger partial charge in [0.15, 0.2) is 0 Å². The third-order valence-electron chi connectivity index (χ3n) is 3.27. The van der Waals surface area contributed by atoms with Gasteiger partial charge in [-0.2, -0.15) is 4.98 Å². The largest absolute Gasteiger partial charge is 0.337 e. The van der Waals surface area contributed by atoms with E-state index in [9.17, 15) is 0 Å². The molecule has 1 aliphatic rings. The van der Waals surface area contributed by atoms with Crippen LogP contribution in [0.3, 0.4) is 0 Å². The van der Waals surface area contributed by atoms with Crippen molar-refractivity contribution in [1.82, 2.24) is 20.4 Å². The van der Waals surface area contributed by atoms with Crippen LogP contribution in [0.5, 0.6) is 0 Å². The van der Waals surface area contributed by atoms with E-state index in [1.54, 1.807) is 0 Å². The highest BCUT2D eigenvalue weighted by Crippen LogP contribution is 2.24. The molecule has 0 amide bonds. The van der Waals surface area contributed by atoms with Crippen LogP contribution in [0, 0.1) is 0 Å². The van der Waals surface area contributed by atoms with Crippen molar-refractivity contribution in [3.63, 3.8) is 0 Å². The summed E-state index contributed by atoms with van der Waals surface area (Å²) in [6, 6.07) is 8.54. The number of nitrogens with one attached hydrogen (secondary N) is 1. The first-order chi connectivity index (χ1) is 9.22. The molecule has 0 radical (unpaired) electrons. The lowest BCUT2D eigenvalue weighted by molar-refractivity contribution is 0.273. The van der Waals surface area contributed by atoms with Crippen molar-refractivity contribution in [3.8, 4) is 11.4 Å². The fourth-order valence-electron chi connectivity index (χ4n) is 2.12. The number of rotatable bonds is 4. The van der Waals surface area contributed by atoms with Crippen molar-refractivity contribution in [3.05, 3.63) is 35.7 Å². The maximum absolute atomic E-state index is 5.29. The second-order valence-corrected chi connectivity index (χ2v) is 5.19. The van der Waals surface area contributed by atoms with Gasteiger partial charge in [0.25, 0.3) is 0 Å². The Labute approximate surface area is 124 Å². The van der Waals surface area contributed by atoms with Crippen molar-refractivity contribution in [2.75, 3.05) is 20.6 Å². The Morgan fingerprint density at radius 1 is 1.30 bits per heavy atom. The van der Waals surface area contributed by atoms with Crippen molar-refractivity contribution in [2.24, 2.45) is 0 Å². The zero-order chi connectivity index (χ0) is 13.2. The summed E-state index contributed by atoms with van der Waals surface area (Å²) >= 11 is 0. The lowest BCUT2D eigenvalue weighted by Crippen LogP contribution is -2.35. The molecule has 1 fully saturated rings. The van der Waals surface area contributed by atoms with E-state index in [1.807, 2.05) is 12.1 Å². The van der Waals surface area contributed by atoms with E-state index in [1.165, 1.54) is 5.56 Å². The molecule has 20 heavy (non-hydrogen) atoms. The standard InChI is InChI=1S/C14H18N4O.ClH/c1-18(2)9-10-3-5-11(6-4-10)13-16-14(19-17-13)12-7-8-15-12;/h3-6,12,15H,7-9H2,1-2H3;1H/t12-;/m1./s1. The monoisotopic (exact) mass is 294 g/mol. The number of hydrogen-bond acceptors (Lipinski definition) is 5. The molecule has 0 saturated carbocycles. The third-order valence-corrected chi connectivity index (χ3v) is 3.27. The fourth-order valence-corrected chi connectivity index (χ4v) is 2.12. The molecule has 1 N–H and O–H groups in total. The van der Waals surface area contributed by atoms with Gasteiger partial charge >= 0.3 is 0 Å². The lowest BCUT2D eigenvalue weighted by Gasteiger charge is -2.23. The number of nitrogens with zero attached hydrogens (tertiary/aromatic N) is 3. The third kappa shape index (κ3) is 3.17. The average molecular weight is 295 g/mol. The Morgan fingerprint density at radius 3 is 2.55 bits per heavy atom. The first-order valence-electron chi connectivity index (χ1n) is 6.53. The van der Waals surface area contributed by atoms with Crippen LogP contribution in [0.15, 0.2) is 28.8 Å². The normalized spacial score (nSPS) is 17.6. The quantitative estimate of drug-likeness (QED) is 0.937. The topological polar surface area (TPSA) is 54.2 Å². The van der Waals surface area contributed by atoms with Gasteiger partial charge in [0, 0.05) is 12.1 Å². The van der Waals surface area contributed by atoms with Crippen molar-refractivity contribution in [2.45, 2.75) is 19.0 Å². The van der Waals surface area contributed by atoms with Crippen LogP contribution in [0.4, 0.5) is 0 Å². The van der Waals surface area contributed by atoms with E-state index < -0.39 is 0 Å². The summed E-state index contributed by atoms with van der Waals surface area (Å²) in [7, 11) is 4.12. The molecule has 0 aliphatic carbocycles. The van der Waals surface area contributed by atoms with E-state index in [0.717, 1.165) is 25.1 Å². The molecule has 5 nitrogen and oxygen atoms in total. The van der Waals surface area contributed by atoms with Gasteiger partial charge in [-0.25, -0.2) is 0 Å². The molecule has 0 bridgehead atoms. The van der Waals surface area contributed by atoms with Crippen LogP contribution in [0.2, 0.25) is 0 Å².